The summed E-state index contributed by atoms with van der Waals surface area (Å²) in [6, 6.07) is 22.1. The van der Waals surface area contributed by atoms with Crippen molar-refractivity contribution in [1.29, 1.82) is 0 Å². The summed E-state index contributed by atoms with van der Waals surface area (Å²) in [5.74, 6) is 2.17. The normalized spacial score (nSPS) is 22.6. The zero-order valence-corrected chi connectivity index (χ0v) is 21.8. The number of hydrogen-bond donors (Lipinski definition) is 1. The highest BCUT2D eigenvalue weighted by Gasteiger charge is 2.36. The van der Waals surface area contributed by atoms with Crippen LogP contribution in [0.25, 0.3) is 0 Å². The Kier molecular flexibility index (Phi) is 8.13. The van der Waals surface area contributed by atoms with Crippen molar-refractivity contribution in [3.05, 3.63) is 89.7 Å². The smallest absolute Gasteiger partial charge is 0.258 e. The van der Waals surface area contributed by atoms with Crippen LogP contribution in [0.15, 0.2) is 72.8 Å². The topological polar surface area (TPSA) is 66.0 Å². The van der Waals surface area contributed by atoms with Gasteiger partial charge >= 0.3 is 0 Å². The van der Waals surface area contributed by atoms with E-state index in [0.29, 0.717) is 48.5 Å². The van der Waals surface area contributed by atoms with Crippen LogP contribution in [0.4, 0.5) is 4.39 Å². The molecule has 0 unspecified atom stereocenters. The third-order valence-corrected chi connectivity index (χ3v) is 7.27. The summed E-state index contributed by atoms with van der Waals surface area (Å²) in [6.45, 7) is 5.40. The summed E-state index contributed by atoms with van der Waals surface area (Å²) in [7, 11) is 0. The monoisotopic (exact) mass is 519 g/mol. The summed E-state index contributed by atoms with van der Waals surface area (Å²) in [5.41, 5.74) is 1.72. The predicted octanol–water partition coefficient (Wildman–Crippen LogP) is 5.68. The van der Waals surface area contributed by atoms with Crippen LogP contribution in [0, 0.1) is 17.7 Å². The molecule has 0 bridgehead atoms. The minimum absolute atomic E-state index is 0.0231. The van der Waals surface area contributed by atoms with Crippen LogP contribution in [0.1, 0.15) is 43.4 Å². The molecule has 0 aliphatic carbocycles. The summed E-state index contributed by atoms with van der Waals surface area (Å²) in [5, 5.41) is 2.85. The van der Waals surface area contributed by atoms with Crippen molar-refractivity contribution < 1.29 is 28.1 Å². The molecule has 2 heterocycles. The van der Waals surface area contributed by atoms with Gasteiger partial charge in [-0.1, -0.05) is 56.3 Å². The van der Waals surface area contributed by atoms with Gasteiger partial charge in [0.1, 0.15) is 24.3 Å². The second-order valence-electron chi connectivity index (χ2n) is 10.3. The van der Waals surface area contributed by atoms with Crippen molar-refractivity contribution in [3.8, 4) is 17.2 Å². The lowest BCUT2D eigenvalue weighted by Gasteiger charge is -2.39. The van der Waals surface area contributed by atoms with Crippen LogP contribution in [0.5, 0.6) is 17.2 Å². The van der Waals surface area contributed by atoms with Crippen LogP contribution < -0.4 is 19.5 Å². The Morgan fingerprint density at radius 1 is 1.03 bits per heavy atom. The maximum atomic E-state index is 14.4. The summed E-state index contributed by atoms with van der Waals surface area (Å²) >= 11 is 0. The highest BCUT2D eigenvalue weighted by atomic mass is 19.1. The van der Waals surface area contributed by atoms with Crippen molar-refractivity contribution >= 4 is 5.91 Å². The van der Waals surface area contributed by atoms with Crippen LogP contribution in [-0.2, 0) is 9.53 Å². The molecule has 3 aromatic carbocycles. The Hall–Kier alpha value is -3.58. The van der Waals surface area contributed by atoms with Crippen molar-refractivity contribution in [1.82, 2.24) is 5.32 Å². The number of ether oxygens (including phenoxy) is 4. The lowest BCUT2D eigenvalue weighted by Crippen LogP contribution is -2.42. The number of nitrogens with one attached hydrogen (secondary N) is 1. The van der Waals surface area contributed by atoms with Crippen LogP contribution in [-0.4, -0.2) is 38.4 Å². The van der Waals surface area contributed by atoms with E-state index in [1.54, 1.807) is 6.07 Å². The van der Waals surface area contributed by atoms with Crippen LogP contribution in [0.2, 0.25) is 0 Å². The maximum absolute atomic E-state index is 14.4. The SMILES string of the molecule is CC(C)[C@@H]1C[C@H](c2ccccc2F)CO[C@H]1c1cccc(OCC(=O)NC[C@H]2COc3ccccc3O2)c1. The van der Waals surface area contributed by atoms with E-state index >= 15 is 0 Å². The largest absolute Gasteiger partial charge is 0.486 e. The van der Waals surface area contributed by atoms with Gasteiger partial charge in [-0.15, -0.1) is 0 Å². The molecule has 200 valence electrons. The average Bonchev–Trinajstić information content (AvgIpc) is 2.95. The number of para-hydroxylation sites is 2. The molecule has 1 fully saturated rings. The lowest BCUT2D eigenvalue weighted by molar-refractivity contribution is -0.123. The fourth-order valence-corrected chi connectivity index (χ4v) is 5.22. The molecule has 5 rings (SSSR count). The molecule has 4 atom stereocenters. The molecule has 2 aliphatic rings. The third-order valence-electron chi connectivity index (χ3n) is 7.27. The number of halogens is 1. The van der Waals surface area contributed by atoms with Gasteiger partial charge in [-0.25, -0.2) is 4.39 Å². The summed E-state index contributed by atoms with van der Waals surface area (Å²) in [4.78, 5) is 12.4. The van der Waals surface area contributed by atoms with Gasteiger partial charge in [-0.2, -0.15) is 0 Å². The van der Waals surface area contributed by atoms with Gasteiger partial charge in [-0.05, 0) is 59.7 Å². The number of carbonyl (C=O) groups is 1. The van der Waals surface area contributed by atoms with E-state index in [1.165, 1.54) is 6.07 Å². The van der Waals surface area contributed by atoms with Crippen molar-refractivity contribution in [2.75, 3.05) is 26.4 Å². The molecule has 2 aliphatic heterocycles. The zero-order valence-electron chi connectivity index (χ0n) is 21.8. The summed E-state index contributed by atoms with van der Waals surface area (Å²) in [6.07, 6.45) is 0.456. The Labute approximate surface area is 223 Å². The molecular weight excluding hydrogens is 485 g/mol. The molecule has 1 saturated heterocycles. The van der Waals surface area contributed by atoms with E-state index in [-0.39, 0.29) is 42.4 Å². The van der Waals surface area contributed by atoms with E-state index in [2.05, 4.69) is 19.2 Å². The first kappa shape index (κ1) is 26.0. The number of benzene rings is 3. The number of amides is 1. The average molecular weight is 520 g/mol. The molecule has 0 saturated carbocycles. The predicted molar refractivity (Wildman–Crippen MR) is 142 cm³/mol. The molecule has 0 spiro atoms. The molecule has 6 nitrogen and oxygen atoms in total. The first-order valence-electron chi connectivity index (χ1n) is 13.2. The third kappa shape index (κ3) is 6.10. The highest BCUT2D eigenvalue weighted by molar-refractivity contribution is 5.77. The van der Waals surface area contributed by atoms with Crippen LogP contribution in [0.3, 0.4) is 0 Å². The van der Waals surface area contributed by atoms with E-state index < -0.39 is 0 Å². The first-order valence-corrected chi connectivity index (χ1v) is 13.2. The van der Waals surface area contributed by atoms with E-state index in [1.807, 2.05) is 60.7 Å². The minimum Gasteiger partial charge on any atom is -0.486 e. The Bertz CT molecular complexity index is 1250. The molecule has 38 heavy (non-hydrogen) atoms. The lowest BCUT2D eigenvalue weighted by atomic mass is 9.76. The van der Waals surface area contributed by atoms with Gasteiger partial charge in [-0.3, -0.25) is 4.79 Å². The van der Waals surface area contributed by atoms with E-state index in [4.69, 9.17) is 18.9 Å². The second kappa shape index (κ2) is 11.9. The van der Waals surface area contributed by atoms with Gasteiger partial charge in [0.2, 0.25) is 0 Å². The molecule has 3 aromatic rings. The van der Waals surface area contributed by atoms with E-state index in [0.717, 1.165) is 12.0 Å². The standard InChI is InChI=1S/C31H34FNO5/c1-20(2)26-15-22(25-10-3-4-11-27(25)32)17-37-31(26)21-8-7-9-23(14-21)35-19-30(34)33-16-24-18-36-28-12-5-6-13-29(28)38-24/h3-14,20,22,24,26,31H,15-19H2,1-2H3,(H,33,34)/t22-,24-,26-,31-/m0/s1. The van der Waals surface area contributed by atoms with Crippen molar-refractivity contribution in [2.45, 2.75) is 38.4 Å². The molecule has 1 amide bonds. The van der Waals surface area contributed by atoms with Gasteiger partial charge < -0.3 is 24.3 Å². The fourth-order valence-electron chi connectivity index (χ4n) is 5.22. The molecule has 0 radical (unpaired) electrons. The number of fused-ring (bicyclic) bond motifs is 1. The molecule has 1 N–H and O–H groups in total. The van der Waals surface area contributed by atoms with Crippen molar-refractivity contribution in [3.63, 3.8) is 0 Å². The quantitative estimate of drug-likeness (QED) is 0.415. The Balaban J connectivity index is 1.15. The van der Waals surface area contributed by atoms with Gasteiger partial charge in [0.15, 0.2) is 18.1 Å². The maximum Gasteiger partial charge on any atom is 0.258 e. The van der Waals surface area contributed by atoms with Gasteiger partial charge in [0, 0.05) is 5.92 Å². The number of hydrogen-bond acceptors (Lipinski definition) is 5. The Morgan fingerprint density at radius 3 is 2.63 bits per heavy atom. The zero-order chi connectivity index (χ0) is 26.5. The van der Waals surface area contributed by atoms with E-state index in [9.17, 15) is 9.18 Å². The molecule has 7 heteroatoms. The fraction of sp³-hybridized carbons (Fsp3) is 0.387. The summed E-state index contributed by atoms with van der Waals surface area (Å²) < 4.78 is 38.2. The Morgan fingerprint density at radius 2 is 1.82 bits per heavy atom. The molecular formula is C31H34FNO5. The van der Waals surface area contributed by atoms with Gasteiger partial charge in [0.25, 0.3) is 5.91 Å². The van der Waals surface area contributed by atoms with Crippen LogP contribution >= 0.6 is 0 Å². The molecule has 0 aromatic heterocycles. The first-order chi connectivity index (χ1) is 18.5. The minimum atomic E-state index is -0.262. The number of carbonyl (C=O) groups excluding carboxylic acids is 1. The number of rotatable bonds is 8. The van der Waals surface area contributed by atoms with Gasteiger partial charge in [0.05, 0.1) is 19.3 Å². The van der Waals surface area contributed by atoms with Crippen molar-refractivity contribution in [2.24, 2.45) is 11.8 Å². The highest BCUT2D eigenvalue weighted by Crippen LogP contribution is 2.44. The second-order valence-corrected chi connectivity index (χ2v) is 10.3.